The first-order chi connectivity index (χ1) is 23.4. The average molecular weight is 669 g/mol. The first kappa shape index (κ1) is 35.4. The summed E-state index contributed by atoms with van der Waals surface area (Å²) in [4.78, 5) is 36.0. The topological polar surface area (TPSA) is 76.9 Å². The van der Waals surface area contributed by atoms with Crippen molar-refractivity contribution in [2.75, 3.05) is 46.5 Å². The van der Waals surface area contributed by atoms with Gasteiger partial charge in [-0.15, -0.1) is 0 Å². The van der Waals surface area contributed by atoms with Gasteiger partial charge in [-0.05, 0) is 73.7 Å². The van der Waals surface area contributed by atoms with Gasteiger partial charge < -0.3 is 23.8 Å². The molecule has 1 aliphatic rings. The van der Waals surface area contributed by atoms with Gasteiger partial charge in [-0.2, -0.15) is 4.98 Å². The number of aryl methyl sites for hydroxylation is 1. The third-order valence-corrected chi connectivity index (χ3v) is 10.0. The van der Waals surface area contributed by atoms with Gasteiger partial charge in [-0.1, -0.05) is 91.8 Å². The first-order valence-corrected chi connectivity index (χ1v) is 18.0. The molecule has 254 valence electrons. The van der Waals surface area contributed by atoms with E-state index in [9.17, 15) is 9.59 Å². The highest BCUT2D eigenvalue weighted by molar-refractivity contribution is 7.98. The van der Waals surface area contributed by atoms with Crippen LogP contribution in [-0.2, 0) is 41.2 Å². The largest absolute Gasteiger partial charge is 0.491 e. The summed E-state index contributed by atoms with van der Waals surface area (Å²) in [5, 5.41) is 0.623. The van der Waals surface area contributed by atoms with Gasteiger partial charge in [0.25, 0.3) is 5.56 Å². The lowest BCUT2D eigenvalue weighted by molar-refractivity contribution is -0.132. The molecule has 0 radical (unpaired) electrons. The number of likely N-dealkylation sites (N-methyl/N-ethyl adjacent to an activating group) is 1. The Hall–Kier alpha value is -3.92. The number of ether oxygens (including phenoxy) is 2. The summed E-state index contributed by atoms with van der Waals surface area (Å²) in [6.45, 7) is 11.4. The van der Waals surface area contributed by atoms with Crippen LogP contribution in [0.3, 0.4) is 0 Å². The predicted molar refractivity (Wildman–Crippen MR) is 194 cm³/mol. The third-order valence-electron chi connectivity index (χ3n) is 8.99. The summed E-state index contributed by atoms with van der Waals surface area (Å²) < 4.78 is 12.8. The second-order valence-electron chi connectivity index (χ2n) is 12.2. The monoisotopic (exact) mass is 668 g/mol. The molecule has 0 spiro atoms. The number of carbonyl (C=O) groups excluding carboxylic acids is 1. The molecule has 0 fully saturated rings. The molecule has 1 aromatic heterocycles. The lowest BCUT2D eigenvalue weighted by atomic mass is 10.0. The molecule has 1 aliphatic carbocycles. The van der Waals surface area contributed by atoms with E-state index in [0.717, 1.165) is 78.2 Å². The molecule has 1 amide bonds. The summed E-state index contributed by atoms with van der Waals surface area (Å²) in [6, 6.07) is 24.9. The number of thioether (sulfide) groups is 1. The fourth-order valence-corrected chi connectivity index (χ4v) is 7.00. The zero-order chi connectivity index (χ0) is 33.9. The minimum Gasteiger partial charge on any atom is -0.491 e. The molecule has 48 heavy (non-hydrogen) atoms. The number of hydrogen-bond acceptors (Lipinski definition) is 7. The third kappa shape index (κ3) is 9.36. The van der Waals surface area contributed by atoms with E-state index in [0.29, 0.717) is 37.2 Å². The van der Waals surface area contributed by atoms with Gasteiger partial charge in [-0.25, -0.2) is 0 Å². The van der Waals surface area contributed by atoms with E-state index >= 15 is 0 Å². The summed E-state index contributed by atoms with van der Waals surface area (Å²) in [7, 11) is 1.66. The van der Waals surface area contributed by atoms with Crippen molar-refractivity contribution in [3.8, 4) is 16.9 Å². The van der Waals surface area contributed by atoms with Gasteiger partial charge in [0.2, 0.25) is 5.91 Å². The van der Waals surface area contributed by atoms with Crippen molar-refractivity contribution >= 4 is 17.7 Å². The minimum atomic E-state index is -0.149. The van der Waals surface area contributed by atoms with Crippen LogP contribution in [0.1, 0.15) is 48.2 Å². The van der Waals surface area contributed by atoms with Crippen LogP contribution in [0.2, 0.25) is 0 Å². The number of amides is 1. The van der Waals surface area contributed by atoms with Gasteiger partial charge in [0.15, 0.2) is 5.16 Å². The standard InChI is InChI=1S/C39H48N4O4S/c1-5-41(6-2)22-23-42(26-30-14-16-32(17-15-30)33-18-20-34(21-19-33)47-25-24-46-4)37(44)27-43-36-9-7-8-35(36)38(45)40-39(43)48-28-31-12-10-29(3)11-13-31/h10-21H,5-9,22-28H2,1-4H3. The maximum absolute atomic E-state index is 14.2. The highest BCUT2D eigenvalue weighted by atomic mass is 32.2. The summed E-state index contributed by atoms with van der Waals surface area (Å²) in [5.74, 6) is 1.53. The van der Waals surface area contributed by atoms with Crippen molar-refractivity contribution in [3.63, 3.8) is 0 Å². The SMILES string of the molecule is CCN(CC)CCN(Cc1ccc(-c2ccc(OCCOC)cc2)cc1)C(=O)Cn1c(SCc2ccc(C)cc2)nc(=O)c2c1CCC2. The molecule has 4 aromatic rings. The number of nitrogens with zero attached hydrogens (tertiary/aromatic N) is 4. The van der Waals surface area contributed by atoms with Gasteiger partial charge in [0, 0.05) is 43.8 Å². The Bertz CT molecular complexity index is 1680. The number of carbonyl (C=O) groups is 1. The van der Waals surface area contributed by atoms with Crippen LogP contribution in [0.4, 0.5) is 0 Å². The summed E-state index contributed by atoms with van der Waals surface area (Å²) in [5.41, 5.74) is 7.24. The van der Waals surface area contributed by atoms with Crippen LogP contribution in [0.15, 0.2) is 82.7 Å². The van der Waals surface area contributed by atoms with Crippen LogP contribution in [-0.4, -0.2) is 71.8 Å². The van der Waals surface area contributed by atoms with E-state index < -0.39 is 0 Å². The van der Waals surface area contributed by atoms with E-state index in [1.807, 2.05) is 21.6 Å². The molecule has 0 bridgehead atoms. The summed E-state index contributed by atoms with van der Waals surface area (Å²) >= 11 is 1.53. The number of methoxy groups -OCH3 is 1. The normalized spacial score (nSPS) is 12.4. The van der Waals surface area contributed by atoms with Crippen LogP contribution in [0, 0.1) is 6.92 Å². The maximum Gasteiger partial charge on any atom is 0.277 e. The Morgan fingerprint density at radius 1 is 0.875 bits per heavy atom. The quantitative estimate of drug-likeness (QED) is 0.0733. The van der Waals surface area contributed by atoms with Crippen LogP contribution >= 0.6 is 11.8 Å². The highest BCUT2D eigenvalue weighted by Gasteiger charge is 2.25. The van der Waals surface area contributed by atoms with Crippen molar-refractivity contribution in [1.29, 1.82) is 0 Å². The summed E-state index contributed by atoms with van der Waals surface area (Å²) in [6.07, 6.45) is 2.42. The van der Waals surface area contributed by atoms with E-state index in [2.05, 4.69) is 91.3 Å². The van der Waals surface area contributed by atoms with Gasteiger partial charge in [0.05, 0.1) is 6.61 Å². The Balaban J connectivity index is 1.34. The van der Waals surface area contributed by atoms with Crippen molar-refractivity contribution in [1.82, 2.24) is 19.4 Å². The number of fused-ring (bicyclic) bond motifs is 1. The molecular formula is C39H48N4O4S. The first-order valence-electron chi connectivity index (χ1n) is 17.0. The van der Waals surface area contributed by atoms with Gasteiger partial charge >= 0.3 is 0 Å². The van der Waals surface area contributed by atoms with Crippen LogP contribution < -0.4 is 10.3 Å². The molecule has 3 aromatic carbocycles. The molecule has 0 saturated heterocycles. The zero-order valence-corrected chi connectivity index (χ0v) is 29.6. The molecule has 0 atom stereocenters. The molecule has 0 unspecified atom stereocenters. The Morgan fingerprint density at radius 3 is 2.21 bits per heavy atom. The van der Waals surface area contributed by atoms with E-state index in [4.69, 9.17) is 9.47 Å². The van der Waals surface area contributed by atoms with Crippen molar-refractivity contribution in [2.24, 2.45) is 0 Å². The van der Waals surface area contributed by atoms with Crippen molar-refractivity contribution < 1.29 is 14.3 Å². The minimum absolute atomic E-state index is 0.0343. The molecule has 0 saturated carbocycles. The van der Waals surface area contributed by atoms with E-state index in [-0.39, 0.29) is 18.0 Å². The molecule has 8 nitrogen and oxygen atoms in total. The number of rotatable bonds is 17. The molecule has 0 aliphatic heterocycles. The lowest BCUT2D eigenvalue weighted by Crippen LogP contribution is -2.40. The number of hydrogen-bond donors (Lipinski definition) is 0. The molecule has 0 N–H and O–H groups in total. The zero-order valence-electron chi connectivity index (χ0n) is 28.7. The predicted octanol–water partition coefficient (Wildman–Crippen LogP) is 6.40. The van der Waals surface area contributed by atoms with Crippen molar-refractivity contribution in [3.05, 3.63) is 111 Å². The fourth-order valence-electron chi connectivity index (χ4n) is 6.03. The smallest absolute Gasteiger partial charge is 0.277 e. The Kier molecular flexibility index (Phi) is 12.9. The number of benzene rings is 3. The van der Waals surface area contributed by atoms with Crippen molar-refractivity contribution in [2.45, 2.75) is 64.0 Å². The number of aromatic nitrogens is 2. The second kappa shape index (κ2) is 17.5. The van der Waals surface area contributed by atoms with E-state index in [1.54, 1.807) is 7.11 Å². The van der Waals surface area contributed by atoms with Gasteiger partial charge in [0.1, 0.15) is 18.9 Å². The highest BCUT2D eigenvalue weighted by Crippen LogP contribution is 2.27. The molecule has 5 rings (SSSR count). The molecular weight excluding hydrogens is 621 g/mol. The maximum atomic E-state index is 14.2. The van der Waals surface area contributed by atoms with Crippen LogP contribution in [0.5, 0.6) is 5.75 Å². The van der Waals surface area contributed by atoms with E-state index in [1.165, 1.54) is 17.3 Å². The molecule has 1 heterocycles. The Morgan fingerprint density at radius 2 is 1.54 bits per heavy atom. The Labute approximate surface area is 289 Å². The fraction of sp³-hybridized carbons (Fsp3) is 0.410. The van der Waals surface area contributed by atoms with Gasteiger partial charge in [-0.3, -0.25) is 9.59 Å². The lowest BCUT2D eigenvalue weighted by Gasteiger charge is -2.28. The average Bonchev–Trinajstić information content (AvgIpc) is 3.61. The van der Waals surface area contributed by atoms with Crippen LogP contribution in [0.25, 0.3) is 11.1 Å². The molecule has 9 heteroatoms. The second-order valence-corrected chi connectivity index (χ2v) is 13.2.